The molecule has 0 N–H and O–H groups in total. The molecule has 0 aliphatic rings. The number of carbonyl (C=O) groups excluding carboxylic acids is 4. The van der Waals surface area contributed by atoms with Crippen molar-refractivity contribution in [2.24, 2.45) is 0 Å². The van der Waals surface area contributed by atoms with Gasteiger partial charge in [-0.25, -0.2) is 19.2 Å². The Balaban J connectivity index is 6.90. The second-order valence-corrected chi connectivity index (χ2v) is 7.57. The lowest BCUT2D eigenvalue weighted by Gasteiger charge is -2.42. The zero-order valence-electron chi connectivity index (χ0n) is 18.6. The van der Waals surface area contributed by atoms with Crippen molar-refractivity contribution < 1.29 is 38.1 Å². The van der Waals surface area contributed by atoms with Crippen LogP contribution in [0.1, 0.15) is 53.9 Å². The number of hydrogen-bond donors (Lipinski definition) is 0. The van der Waals surface area contributed by atoms with Crippen LogP contribution in [-0.2, 0) is 38.1 Å². The summed E-state index contributed by atoms with van der Waals surface area (Å²) in [4.78, 5) is 49.6. The summed E-state index contributed by atoms with van der Waals surface area (Å²) in [7, 11) is 0. The van der Waals surface area contributed by atoms with E-state index in [4.69, 9.17) is 30.5 Å². The maximum Gasteiger partial charge on any atom is 0.418 e. The molecular weight excluding hydrogens is 428 g/mol. The van der Waals surface area contributed by atoms with Crippen molar-refractivity contribution in [1.29, 1.82) is 0 Å². The molecule has 31 heavy (non-hydrogen) atoms. The van der Waals surface area contributed by atoms with Gasteiger partial charge in [-0.2, -0.15) is 0 Å². The highest BCUT2D eigenvalue weighted by atomic mass is 35.5. The summed E-state index contributed by atoms with van der Waals surface area (Å²) in [5.41, 5.74) is -0.385. The van der Waals surface area contributed by atoms with E-state index in [1.54, 1.807) is 6.92 Å². The lowest BCUT2D eigenvalue weighted by Crippen LogP contribution is -2.60. The molecule has 0 rings (SSSR count). The van der Waals surface area contributed by atoms with Crippen LogP contribution in [0.2, 0.25) is 0 Å². The zero-order valence-corrected chi connectivity index (χ0v) is 19.3. The second kappa shape index (κ2) is 11.5. The fourth-order valence-corrected chi connectivity index (χ4v) is 2.18. The number of unbranched alkanes of at least 4 members (excludes halogenated alkanes) is 1. The molecular formula is C22H29ClO8. The average molecular weight is 457 g/mol. The number of ether oxygens (including phenoxy) is 4. The van der Waals surface area contributed by atoms with Crippen LogP contribution in [0.25, 0.3) is 0 Å². The highest BCUT2D eigenvalue weighted by molar-refractivity contribution is 6.24. The van der Waals surface area contributed by atoms with Gasteiger partial charge in [0.2, 0.25) is 0 Å². The predicted octanol–water partition coefficient (Wildman–Crippen LogP) is 4.24. The smallest absolute Gasteiger partial charge is 0.410 e. The van der Waals surface area contributed by atoms with Crippen LogP contribution in [0, 0.1) is 0 Å². The van der Waals surface area contributed by atoms with Gasteiger partial charge in [-0.1, -0.05) is 39.7 Å². The molecule has 0 aliphatic carbocycles. The summed E-state index contributed by atoms with van der Waals surface area (Å²) in [5, 5.41) is -2.91. The van der Waals surface area contributed by atoms with E-state index in [9.17, 15) is 19.2 Å². The van der Waals surface area contributed by atoms with Gasteiger partial charge in [0.05, 0.1) is 0 Å². The molecule has 0 bridgehead atoms. The van der Waals surface area contributed by atoms with Crippen molar-refractivity contribution >= 4 is 35.5 Å². The summed E-state index contributed by atoms with van der Waals surface area (Å²) >= 11 is 6.49. The van der Waals surface area contributed by atoms with E-state index in [1.807, 2.05) is 0 Å². The van der Waals surface area contributed by atoms with Gasteiger partial charge < -0.3 is 18.9 Å². The van der Waals surface area contributed by atoms with Gasteiger partial charge in [-0.3, -0.25) is 0 Å². The van der Waals surface area contributed by atoms with Crippen molar-refractivity contribution in [3.8, 4) is 0 Å². The van der Waals surface area contributed by atoms with E-state index in [-0.39, 0.29) is 35.1 Å². The maximum absolute atomic E-state index is 12.4. The lowest BCUT2D eigenvalue weighted by atomic mass is 10.1. The molecule has 8 nitrogen and oxygen atoms in total. The molecule has 0 unspecified atom stereocenters. The summed E-state index contributed by atoms with van der Waals surface area (Å²) < 4.78 is 21.1. The third kappa shape index (κ3) is 7.71. The van der Waals surface area contributed by atoms with E-state index in [2.05, 4.69) is 26.3 Å². The topological polar surface area (TPSA) is 105 Å². The zero-order chi connectivity index (χ0) is 24.6. The number of esters is 4. The van der Waals surface area contributed by atoms with Gasteiger partial charge in [0.15, 0.2) is 0 Å². The van der Waals surface area contributed by atoms with Gasteiger partial charge >= 0.3 is 34.9 Å². The Morgan fingerprint density at radius 1 is 0.677 bits per heavy atom. The van der Waals surface area contributed by atoms with Crippen molar-refractivity contribution in [2.75, 3.05) is 0 Å². The van der Waals surface area contributed by atoms with Crippen molar-refractivity contribution in [3.05, 3.63) is 48.6 Å². The molecule has 0 aromatic carbocycles. The molecule has 0 heterocycles. The SMILES string of the molecule is C=C(C)C(=O)OC(Cl)(OC(=O)C(=C)C)C(CCCC)(OC(=O)C(=C)C)OC(=O)C(=C)C. The number of carbonyl (C=O) groups is 4. The summed E-state index contributed by atoms with van der Waals surface area (Å²) in [6.07, 6.45) is 0.488. The van der Waals surface area contributed by atoms with Gasteiger partial charge in [0.1, 0.15) is 0 Å². The number of alkyl halides is 1. The standard InChI is InChI=1S/C22H29ClO8/c1-10-11-12-21(28-17(24)13(2)3,29-18(25)14(4)5)22(23,30-19(26)15(6)7)31-20(27)16(8)9/h2,4,6,8,10-12H2,1,3,5,7,9H3. The summed E-state index contributed by atoms with van der Waals surface area (Å²) in [6.45, 7) is 20.9. The van der Waals surface area contributed by atoms with Crippen LogP contribution < -0.4 is 0 Å². The first kappa shape index (κ1) is 28.1. The minimum absolute atomic E-state index is 0.0799. The van der Waals surface area contributed by atoms with Gasteiger partial charge in [-0.15, -0.1) is 0 Å². The molecule has 0 saturated heterocycles. The van der Waals surface area contributed by atoms with Crippen molar-refractivity contribution in [3.63, 3.8) is 0 Å². The quantitative estimate of drug-likeness (QED) is 0.186. The predicted molar refractivity (Wildman–Crippen MR) is 114 cm³/mol. The van der Waals surface area contributed by atoms with E-state index in [1.165, 1.54) is 27.7 Å². The van der Waals surface area contributed by atoms with Crippen LogP contribution in [0.5, 0.6) is 0 Å². The number of rotatable bonds is 12. The molecule has 0 radical (unpaired) electrons. The Morgan fingerprint density at radius 3 is 1.23 bits per heavy atom. The van der Waals surface area contributed by atoms with E-state index >= 15 is 0 Å². The molecule has 0 amide bonds. The number of hydrogen-bond acceptors (Lipinski definition) is 8. The maximum atomic E-state index is 12.4. The van der Waals surface area contributed by atoms with E-state index in [0.29, 0.717) is 6.42 Å². The first-order valence-corrected chi connectivity index (χ1v) is 9.74. The van der Waals surface area contributed by atoms with Crippen LogP contribution in [0.4, 0.5) is 0 Å². The Bertz CT molecular complexity index is 752. The normalized spacial score (nSPS) is 11.0. The molecule has 9 heteroatoms. The minimum atomic E-state index is -2.91. The molecule has 0 aromatic rings. The minimum Gasteiger partial charge on any atom is -0.410 e. The van der Waals surface area contributed by atoms with Gasteiger partial charge in [0.25, 0.3) is 0 Å². The highest BCUT2D eigenvalue weighted by Gasteiger charge is 2.64. The Labute approximate surface area is 187 Å². The first-order valence-electron chi connectivity index (χ1n) is 9.36. The fraction of sp³-hybridized carbons (Fsp3) is 0.455. The molecule has 0 atom stereocenters. The molecule has 172 valence electrons. The molecule has 0 fully saturated rings. The Kier molecular flexibility index (Phi) is 10.4. The monoisotopic (exact) mass is 456 g/mol. The molecule has 0 saturated carbocycles. The largest absolute Gasteiger partial charge is 0.418 e. The lowest BCUT2D eigenvalue weighted by molar-refractivity contribution is -0.330. The average Bonchev–Trinajstić information content (AvgIpc) is 2.64. The number of halogens is 1. The first-order chi connectivity index (χ1) is 14.1. The highest BCUT2D eigenvalue weighted by Crippen LogP contribution is 2.42. The third-order valence-electron chi connectivity index (χ3n) is 3.67. The molecule has 0 aromatic heterocycles. The Hall–Kier alpha value is -2.87. The molecule has 0 aliphatic heterocycles. The van der Waals surface area contributed by atoms with E-state index in [0.717, 1.165) is 0 Å². The fourth-order valence-electron chi connectivity index (χ4n) is 1.87. The van der Waals surface area contributed by atoms with Crippen molar-refractivity contribution in [1.82, 2.24) is 0 Å². The Morgan fingerprint density at radius 2 is 0.968 bits per heavy atom. The van der Waals surface area contributed by atoms with Crippen LogP contribution in [-0.4, -0.2) is 34.9 Å². The van der Waals surface area contributed by atoms with Crippen LogP contribution in [0.3, 0.4) is 0 Å². The molecule has 0 spiro atoms. The third-order valence-corrected chi connectivity index (χ3v) is 4.11. The van der Waals surface area contributed by atoms with Crippen LogP contribution in [0.15, 0.2) is 48.6 Å². The van der Waals surface area contributed by atoms with E-state index < -0.39 is 34.9 Å². The van der Waals surface area contributed by atoms with Gasteiger partial charge in [-0.05, 0) is 45.7 Å². The van der Waals surface area contributed by atoms with Crippen LogP contribution >= 0.6 is 11.6 Å². The summed E-state index contributed by atoms with van der Waals surface area (Å²) in [6, 6.07) is 0. The second-order valence-electron chi connectivity index (χ2n) is 7.07. The van der Waals surface area contributed by atoms with Crippen molar-refractivity contribution in [2.45, 2.75) is 64.9 Å². The summed E-state index contributed by atoms with van der Waals surface area (Å²) in [5.74, 6) is -6.83. The van der Waals surface area contributed by atoms with Gasteiger partial charge in [0, 0.05) is 28.7 Å².